The van der Waals surface area contributed by atoms with Gasteiger partial charge in [0.05, 0.1) is 20.4 Å². The largest absolute Gasteiger partial charge is 0.497 e. The number of methoxy groups -OCH3 is 2. The molecule has 3 rings (SSSR count). The number of halogens is 1. The molecule has 2 aromatic carbocycles. The third-order valence-electron chi connectivity index (χ3n) is 3.84. The second-order valence-electron chi connectivity index (χ2n) is 5.50. The fourth-order valence-corrected chi connectivity index (χ4v) is 3.10. The Balaban J connectivity index is 1.96. The normalized spacial score (nSPS) is 10.5. The number of carbonyl (C=O) groups excluding carboxylic acids is 1. The number of nitrogens with one attached hydrogen (secondary N) is 1. The number of carbonyl (C=O) groups is 1. The van der Waals surface area contributed by atoms with E-state index in [1.807, 2.05) is 6.26 Å². The highest BCUT2D eigenvalue weighted by atomic mass is 32.2. The number of thioether (sulfide) groups is 1. The molecular weight excluding hydrogens is 369 g/mol. The molecule has 1 aromatic heterocycles. The molecule has 0 spiro atoms. The standard InChI is InChI=1S/C19H18FN3O3S/c1-25-15-8-13(9-16(10-15)26-2)22-18(24)17-11-21-19(27-3)23(17)14-6-4-12(20)5-7-14/h4-11H,1-3H3,(H,22,24). The molecule has 0 saturated carbocycles. The summed E-state index contributed by atoms with van der Waals surface area (Å²) in [5, 5.41) is 3.44. The second-order valence-corrected chi connectivity index (χ2v) is 6.27. The lowest BCUT2D eigenvalue weighted by Gasteiger charge is -2.12. The molecule has 0 bridgehead atoms. The van der Waals surface area contributed by atoms with Crippen LogP contribution < -0.4 is 14.8 Å². The quantitative estimate of drug-likeness (QED) is 0.648. The fraction of sp³-hybridized carbons (Fsp3) is 0.158. The summed E-state index contributed by atoms with van der Waals surface area (Å²) in [4.78, 5) is 17.2. The second kappa shape index (κ2) is 8.13. The molecule has 27 heavy (non-hydrogen) atoms. The Labute approximate surface area is 160 Å². The third-order valence-corrected chi connectivity index (χ3v) is 4.49. The first-order chi connectivity index (χ1) is 13.0. The number of rotatable bonds is 6. The van der Waals surface area contributed by atoms with Gasteiger partial charge in [-0.05, 0) is 30.5 Å². The Morgan fingerprint density at radius 1 is 1.11 bits per heavy atom. The van der Waals surface area contributed by atoms with Crippen LogP contribution in [0.3, 0.4) is 0 Å². The summed E-state index contributed by atoms with van der Waals surface area (Å²) in [6.45, 7) is 0. The fourth-order valence-electron chi connectivity index (χ4n) is 2.55. The summed E-state index contributed by atoms with van der Waals surface area (Å²) in [7, 11) is 3.07. The van der Waals surface area contributed by atoms with Crippen molar-refractivity contribution in [3.05, 3.63) is 60.2 Å². The van der Waals surface area contributed by atoms with Crippen molar-refractivity contribution in [2.24, 2.45) is 0 Å². The van der Waals surface area contributed by atoms with E-state index < -0.39 is 0 Å². The Kier molecular flexibility index (Phi) is 5.66. The molecule has 1 amide bonds. The van der Waals surface area contributed by atoms with Crippen molar-refractivity contribution in [3.63, 3.8) is 0 Å². The van der Waals surface area contributed by atoms with Crippen molar-refractivity contribution in [1.29, 1.82) is 0 Å². The van der Waals surface area contributed by atoms with Gasteiger partial charge in [-0.1, -0.05) is 11.8 Å². The van der Waals surface area contributed by atoms with Gasteiger partial charge in [0.25, 0.3) is 5.91 Å². The van der Waals surface area contributed by atoms with Crippen LogP contribution in [0.2, 0.25) is 0 Å². The van der Waals surface area contributed by atoms with Gasteiger partial charge in [0, 0.05) is 29.6 Å². The van der Waals surface area contributed by atoms with Gasteiger partial charge in [-0.15, -0.1) is 0 Å². The molecule has 1 heterocycles. The minimum absolute atomic E-state index is 0.327. The highest BCUT2D eigenvalue weighted by Crippen LogP contribution is 2.27. The zero-order chi connectivity index (χ0) is 19.4. The maximum atomic E-state index is 13.3. The number of benzene rings is 2. The summed E-state index contributed by atoms with van der Waals surface area (Å²) in [5.41, 5.74) is 1.49. The van der Waals surface area contributed by atoms with E-state index in [0.29, 0.717) is 33.7 Å². The number of aromatic nitrogens is 2. The van der Waals surface area contributed by atoms with E-state index in [-0.39, 0.29) is 11.7 Å². The van der Waals surface area contributed by atoms with Gasteiger partial charge >= 0.3 is 0 Å². The number of hydrogen-bond acceptors (Lipinski definition) is 5. The van der Waals surface area contributed by atoms with E-state index in [1.54, 1.807) is 34.9 Å². The van der Waals surface area contributed by atoms with Crippen LogP contribution in [0.15, 0.2) is 53.8 Å². The van der Waals surface area contributed by atoms with Gasteiger partial charge in [-0.25, -0.2) is 9.37 Å². The zero-order valence-corrected chi connectivity index (χ0v) is 15.8. The van der Waals surface area contributed by atoms with Crippen molar-refractivity contribution < 1.29 is 18.7 Å². The van der Waals surface area contributed by atoms with Crippen LogP contribution in [0.1, 0.15) is 10.5 Å². The molecule has 0 aliphatic carbocycles. The summed E-state index contributed by atoms with van der Waals surface area (Å²) in [5.74, 6) is 0.407. The first kappa shape index (κ1) is 18.8. The number of amides is 1. The van der Waals surface area contributed by atoms with E-state index in [9.17, 15) is 9.18 Å². The molecule has 0 unspecified atom stereocenters. The molecule has 1 N–H and O–H groups in total. The lowest BCUT2D eigenvalue weighted by molar-refractivity contribution is 0.102. The minimum atomic E-state index is -0.359. The predicted octanol–water partition coefficient (Wildman–Crippen LogP) is 4.00. The van der Waals surface area contributed by atoms with Gasteiger partial charge in [-0.2, -0.15) is 0 Å². The maximum absolute atomic E-state index is 13.3. The van der Waals surface area contributed by atoms with Gasteiger partial charge < -0.3 is 14.8 Å². The van der Waals surface area contributed by atoms with Crippen LogP contribution in [0, 0.1) is 5.82 Å². The summed E-state index contributed by atoms with van der Waals surface area (Å²) in [6.07, 6.45) is 3.35. The average molecular weight is 387 g/mol. The van der Waals surface area contributed by atoms with Crippen molar-refractivity contribution >= 4 is 23.4 Å². The zero-order valence-electron chi connectivity index (χ0n) is 15.0. The summed E-state index contributed by atoms with van der Waals surface area (Å²) < 4.78 is 25.4. The first-order valence-electron chi connectivity index (χ1n) is 7.97. The van der Waals surface area contributed by atoms with Crippen LogP contribution in [0.25, 0.3) is 5.69 Å². The Hall–Kier alpha value is -3.00. The topological polar surface area (TPSA) is 65.4 Å². The first-order valence-corrected chi connectivity index (χ1v) is 9.20. The Bertz CT molecular complexity index is 935. The Morgan fingerprint density at radius 2 is 1.74 bits per heavy atom. The lowest BCUT2D eigenvalue weighted by atomic mass is 10.2. The maximum Gasteiger partial charge on any atom is 0.274 e. The van der Waals surface area contributed by atoms with Crippen molar-refractivity contribution in [1.82, 2.24) is 9.55 Å². The number of ether oxygens (including phenoxy) is 2. The van der Waals surface area contributed by atoms with Crippen molar-refractivity contribution in [2.75, 3.05) is 25.8 Å². The number of hydrogen-bond donors (Lipinski definition) is 1. The van der Waals surface area contributed by atoms with E-state index in [4.69, 9.17) is 9.47 Å². The van der Waals surface area contributed by atoms with Gasteiger partial charge in [0.1, 0.15) is 23.0 Å². The van der Waals surface area contributed by atoms with Crippen LogP contribution in [0.5, 0.6) is 11.5 Å². The SMILES string of the molecule is COc1cc(NC(=O)c2cnc(SC)n2-c2ccc(F)cc2)cc(OC)c1. The van der Waals surface area contributed by atoms with Gasteiger partial charge in [0.15, 0.2) is 5.16 Å². The smallest absolute Gasteiger partial charge is 0.274 e. The van der Waals surface area contributed by atoms with E-state index >= 15 is 0 Å². The summed E-state index contributed by atoms with van der Waals surface area (Å²) >= 11 is 1.39. The highest BCUT2D eigenvalue weighted by Gasteiger charge is 2.18. The number of imidazole rings is 1. The van der Waals surface area contributed by atoms with Crippen LogP contribution in [-0.2, 0) is 0 Å². The molecule has 0 saturated heterocycles. The van der Waals surface area contributed by atoms with Crippen molar-refractivity contribution in [3.8, 4) is 17.2 Å². The van der Waals surface area contributed by atoms with Crippen molar-refractivity contribution in [2.45, 2.75) is 5.16 Å². The Morgan fingerprint density at radius 3 is 2.30 bits per heavy atom. The lowest BCUT2D eigenvalue weighted by Crippen LogP contribution is -2.16. The third kappa shape index (κ3) is 4.06. The van der Waals surface area contributed by atoms with Crippen LogP contribution in [0.4, 0.5) is 10.1 Å². The van der Waals surface area contributed by atoms with E-state index in [2.05, 4.69) is 10.3 Å². The predicted molar refractivity (Wildman–Crippen MR) is 103 cm³/mol. The number of nitrogens with zero attached hydrogens (tertiary/aromatic N) is 2. The molecule has 0 aliphatic rings. The van der Waals surface area contributed by atoms with Crippen LogP contribution in [-0.4, -0.2) is 35.9 Å². The number of anilines is 1. The molecule has 0 aliphatic heterocycles. The molecule has 0 radical (unpaired) electrons. The molecule has 8 heteroatoms. The molecule has 3 aromatic rings. The monoisotopic (exact) mass is 387 g/mol. The van der Waals surface area contributed by atoms with E-state index in [0.717, 1.165) is 0 Å². The molecule has 6 nitrogen and oxygen atoms in total. The molecule has 0 fully saturated rings. The van der Waals surface area contributed by atoms with Gasteiger partial charge in [-0.3, -0.25) is 9.36 Å². The minimum Gasteiger partial charge on any atom is -0.497 e. The molecular formula is C19H18FN3O3S. The average Bonchev–Trinajstić information content (AvgIpc) is 3.12. The van der Waals surface area contributed by atoms with Gasteiger partial charge in [0.2, 0.25) is 0 Å². The molecule has 0 atom stereocenters. The molecule has 140 valence electrons. The van der Waals surface area contributed by atoms with E-state index in [1.165, 1.54) is 44.3 Å². The highest BCUT2D eigenvalue weighted by molar-refractivity contribution is 7.98. The summed E-state index contributed by atoms with van der Waals surface area (Å²) in [6, 6.07) is 11.0. The van der Waals surface area contributed by atoms with Crippen LogP contribution >= 0.6 is 11.8 Å².